The molecule has 0 aliphatic heterocycles. The Hall–Kier alpha value is -2.06. The molecule has 0 N–H and O–H groups in total. The molecule has 3 heteroatoms. The van der Waals surface area contributed by atoms with Crippen molar-refractivity contribution in [2.45, 2.75) is 0 Å². The zero-order valence-corrected chi connectivity index (χ0v) is 10.3. The Morgan fingerprint density at radius 1 is 0.889 bits per heavy atom. The number of pyridine rings is 2. The normalized spacial score (nSPS) is 11.6. The maximum Gasteiger partial charge on any atom is 0.291 e. The van der Waals surface area contributed by atoms with Crippen molar-refractivity contribution >= 4 is 33.7 Å². The van der Waals surface area contributed by atoms with Crippen LogP contribution in [0.2, 0.25) is 5.02 Å². The van der Waals surface area contributed by atoms with Gasteiger partial charge in [0.25, 0.3) is 5.65 Å². The first-order chi connectivity index (χ1) is 8.83. The zero-order valence-electron chi connectivity index (χ0n) is 9.55. The fraction of sp³-hybridized carbons (Fsp3) is 0. The van der Waals surface area contributed by atoms with Crippen molar-refractivity contribution in [3.8, 4) is 0 Å². The lowest BCUT2D eigenvalue weighted by Crippen LogP contribution is -2.17. The number of benzene rings is 1. The Balaban J connectivity index is 2.33. The van der Waals surface area contributed by atoms with Crippen LogP contribution in [0.25, 0.3) is 22.1 Å². The monoisotopic (exact) mass is 253 g/mol. The number of para-hydroxylation sites is 1. The van der Waals surface area contributed by atoms with E-state index in [9.17, 15) is 0 Å². The van der Waals surface area contributed by atoms with Crippen molar-refractivity contribution in [3.05, 3.63) is 65.9 Å². The van der Waals surface area contributed by atoms with Gasteiger partial charge in [-0.15, -0.1) is 0 Å². The first-order valence-electron chi connectivity index (χ1n) is 5.83. The highest BCUT2D eigenvalue weighted by atomic mass is 35.5. The first-order valence-corrected chi connectivity index (χ1v) is 6.20. The van der Waals surface area contributed by atoms with E-state index < -0.39 is 0 Å². The van der Waals surface area contributed by atoms with Crippen LogP contribution in [-0.4, -0.2) is 4.40 Å². The van der Waals surface area contributed by atoms with Gasteiger partial charge in [0.1, 0.15) is 17.9 Å². The summed E-state index contributed by atoms with van der Waals surface area (Å²) in [4.78, 5) is 0. The van der Waals surface area contributed by atoms with Crippen molar-refractivity contribution in [1.29, 1.82) is 0 Å². The summed E-state index contributed by atoms with van der Waals surface area (Å²) < 4.78 is 4.30. The number of fused-ring (bicyclic) bond motifs is 5. The van der Waals surface area contributed by atoms with Gasteiger partial charge < -0.3 is 0 Å². The van der Waals surface area contributed by atoms with Gasteiger partial charge in [0.2, 0.25) is 0 Å². The minimum atomic E-state index is 0.743. The number of halogens is 1. The Bertz CT molecular complexity index is 893. The quantitative estimate of drug-likeness (QED) is 0.424. The van der Waals surface area contributed by atoms with Crippen LogP contribution in [0.4, 0.5) is 0 Å². The summed E-state index contributed by atoms with van der Waals surface area (Å²) in [7, 11) is 0. The number of imidazole rings is 1. The molecule has 0 atom stereocenters. The molecule has 0 saturated heterocycles. The van der Waals surface area contributed by atoms with Crippen molar-refractivity contribution in [3.63, 3.8) is 0 Å². The molecular weight excluding hydrogens is 244 g/mol. The van der Waals surface area contributed by atoms with Crippen LogP contribution in [0, 0.1) is 0 Å². The molecule has 4 rings (SSSR count). The number of rotatable bonds is 0. The summed E-state index contributed by atoms with van der Waals surface area (Å²) in [5, 5.41) is 1.98. The average Bonchev–Trinajstić information content (AvgIpc) is 2.76. The smallest absolute Gasteiger partial charge is 0.200 e. The van der Waals surface area contributed by atoms with E-state index in [1.54, 1.807) is 0 Å². The molecule has 0 aliphatic rings. The Labute approximate surface area is 109 Å². The van der Waals surface area contributed by atoms with Crippen LogP contribution in [0.1, 0.15) is 0 Å². The highest BCUT2D eigenvalue weighted by Crippen LogP contribution is 2.19. The van der Waals surface area contributed by atoms with Gasteiger partial charge in [0, 0.05) is 11.5 Å². The molecule has 0 unspecified atom stereocenters. The minimum absolute atomic E-state index is 0.743. The number of nitrogens with zero attached hydrogens (tertiary/aromatic N) is 2. The van der Waals surface area contributed by atoms with Crippen molar-refractivity contribution in [2.75, 3.05) is 0 Å². The lowest BCUT2D eigenvalue weighted by Gasteiger charge is -1.96. The maximum absolute atomic E-state index is 6.03. The van der Waals surface area contributed by atoms with Crippen LogP contribution in [0.5, 0.6) is 0 Å². The van der Waals surface area contributed by atoms with Gasteiger partial charge in [-0.2, -0.15) is 4.40 Å². The van der Waals surface area contributed by atoms with Gasteiger partial charge in [-0.3, -0.25) is 0 Å². The standard InChI is InChI=1S/C15H10ClN2/c16-12-6-8-15-17(9-12)10-13-7-5-11-3-1-2-4-14(11)18(13)15/h1-10H/q+1. The predicted octanol–water partition coefficient (Wildman–Crippen LogP) is 3.48. The Kier molecular flexibility index (Phi) is 1.91. The van der Waals surface area contributed by atoms with Crippen molar-refractivity contribution < 1.29 is 4.40 Å². The number of hydrogen-bond donors (Lipinski definition) is 0. The largest absolute Gasteiger partial charge is 0.291 e. The lowest BCUT2D eigenvalue weighted by molar-refractivity contribution is -0.509. The maximum atomic E-state index is 6.03. The molecule has 0 amide bonds. The summed E-state index contributed by atoms with van der Waals surface area (Å²) >= 11 is 6.03. The third kappa shape index (κ3) is 1.27. The first kappa shape index (κ1) is 9.92. The minimum Gasteiger partial charge on any atom is -0.200 e. The second-order valence-electron chi connectivity index (χ2n) is 4.39. The van der Waals surface area contributed by atoms with E-state index in [-0.39, 0.29) is 0 Å². The molecule has 4 aromatic rings. The predicted molar refractivity (Wildman–Crippen MR) is 73.1 cm³/mol. The lowest BCUT2D eigenvalue weighted by atomic mass is 10.2. The molecule has 86 valence electrons. The summed E-state index contributed by atoms with van der Waals surface area (Å²) in [5.74, 6) is 0. The Morgan fingerprint density at radius 3 is 2.72 bits per heavy atom. The molecule has 0 radical (unpaired) electrons. The highest BCUT2D eigenvalue weighted by molar-refractivity contribution is 6.30. The number of hydrogen-bond acceptors (Lipinski definition) is 0. The van der Waals surface area contributed by atoms with Gasteiger partial charge in [-0.05, 0) is 24.3 Å². The second-order valence-corrected chi connectivity index (χ2v) is 4.83. The van der Waals surface area contributed by atoms with Crippen LogP contribution < -0.4 is 4.40 Å². The molecule has 0 aliphatic carbocycles. The molecular formula is C15H10ClN2+. The topological polar surface area (TPSA) is 8.51 Å². The van der Waals surface area contributed by atoms with Gasteiger partial charge in [-0.1, -0.05) is 29.8 Å². The molecule has 3 aromatic heterocycles. The van der Waals surface area contributed by atoms with E-state index in [2.05, 4.69) is 51.4 Å². The van der Waals surface area contributed by atoms with E-state index in [1.807, 2.05) is 18.3 Å². The second kappa shape index (κ2) is 3.47. The molecule has 0 spiro atoms. The molecule has 0 fully saturated rings. The van der Waals surface area contributed by atoms with E-state index in [0.717, 1.165) is 16.2 Å². The van der Waals surface area contributed by atoms with Crippen molar-refractivity contribution in [1.82, 2.24) is 4.40 Å². The molecule has 3 heterocycles. The summed E-state index contributed by atoms with van der Waals surface area (Å²) in [6.45, 7) is 0. The SMILES string of the molecule is Clc1ccc2n3c(ccc4ccccc43)c[n+]2c1. The number of aromatic nitrogens is 2. The van der Waals surface area contributed by atoms with Gasteiger partial charge in [0.15, 0.2) is 5.52 Å². The van der Waals surface area contributed by atoms with E-state index in [4.69, 9.17) is 11.6 Å². The van der Waals surface area contributed by atoms with Crippen molar-refractivity contribution in [2.24, 2.45) is 0 Å². The van der Waals surface area contributed by atoms with Crippen LogP contribution in [-0.2, 0) is 0 Å². The fourth-order valence-electron chi connectivity index (χ4n) is 2.50. The molecule has 0 bridgehead atoms. The molecule has 0 saturated carbocycles. The van der Waals surface area contributed by atoms with E-state index in [0.29, 0.717) is 0 Å². The molecule has 18 heavy (non-hydrogen) atoms. The van der Waals surface area contributed by atoms with Gasteiger partial charge >= 0.3 is 0 Å². The molecule has 2 nitrogen and oxygen atoms in total. The summed E-state index contributed by atoms with van der Waals surface area (Å²) in [5.41, 5.74) is 3.49. The summed E-state index contributed by atoms with van der Waals surface area (Å²) in [6.07, 6.45) is 4.02. The van der Waals surface area contributed by atoms with E-state index in [1.165, 1.54) is 10.9 Å². The Morgan fingerprint density at radius 2 is 1.78 bits per heavy atom. The molecule has 1 aromatic carbocycles. The third-order valence-electron chi connectivity index (χ3n) is 3.29. The van der Waals surface area contributed by atoms with E-state index >= 15 is 0 Å². The van der Waals surface area contributed by atoms with Crippen LogP contribution >= 0.6 is 11.6 Å². The highest BCUT2D eigenvalue weighted by Gasteiger charge is 2.13. The third-order valence-corrected chi connectivity index (χ3v) is 3.51. The zero-order chi connectivity index (χ0) is 12.1. The fourth-order valence-corrected chi connectivity index (χ4v) is 2.66. The van der Waals surface area contributed by atoms with Crippen LogP contribution in [0.15, 0.2) is 60.9 Å². The summed E-state index contributed by atoms with van der Waals surface area (Å²) in [6, 6.07) is 16.6. The van der Waals surface area contributed by atoms with Crippen LogP contribution in [0.3, 0.4) is 0 Å². The van der Waals surface area contributed by atoms with Gasteiger partial charge in [-0.25, -0.2) is 4.40 Å². The average molecular weight is 254 g/mol. The van der Waals surface area contributed by atoms with Gasteiger partial charge in [0.05, 0.1) is 5.02 Å².